The molecular weight excluding hydrogens is 287 g/mol. The Kier molecular flexibility index (Phi) is 2.40. The fourth-order valence-electron chi connectivity index (χ4n) is 1.63. The van der Waals surface area contributed by atoms with E-state index in [2.05, 4.69) is 25.9 Å². The van der Waals surface area contributed by atoms with Gasteiger partial charge in [0.15, 0.2) is 0 Å². The summed E-state index contributed by atoms with van der Waals surface area (Å²) >= 11 is 3.32. The van der Waals surface area contributed by atoms with Crippen LogP contribution in [0.2, 0.25) is 0 Å². The molecule has 0 aliphatic carbocycles. The van der Waals surface area contributed by atoms with Crippen molar-refractivity contribution in [2.75, 3.05) is 0 Å². The molecule has 1 aromatic carbocycles. The van der Waals surface area contributed by atoms with Gasteiger partial charge in [-0.1, -0.05) is 0 Å². The van der Waals surface area contributed by atoms with E-state index in [-0.39, 0.29) is 5.82 Å². The number of nitrogens with zero attached hydrogens (tertiary/aromatic N) is 2. The van der Waals surface area contributed by atoms with Crippen LogP contribution in [0.15, 0.2) is 45.8 Å². The van der Waals surface area contributed by atoms with Crippen molar-refractivity contribution in [2.24, 2.45) is 0 Å². The van der Waals surface area contributed by atoms with Crippen molar-refractivity contribution < 1.29 is 8.81 Å². The number of hydrogen-bond acceptors (Lipinski definition) is 3. The summed E-state index contributed by atoms with van der Waals surface area (Å²) in [6.07, 6.45) is 3.08. The highest BCUT2D eigenvalue weighted by molar-refractivity contribution is 9.10. The average Bonchev–Trinajstić information content (AvgIpc) is 2.72. The maximum absolute atomic E-state index is 13.1. The Balaban J connectivity index is 2.22. The standard InChI is InChI=1S/C12H6BrFN2O/c13-12-9(5-15-6-16-12)11-4-7-3-8(14)1-2-10(7)17-11/h1-6H. The first-order chi connectivity index (χ1) is 8.24. The van der Waals surface area contributed by atoms with Gasteiger partial charge in [0.2, 0.25) is 0 Å². The summed E-state index contributed by atoms with van der Waals surface area (Å²) in [6, 6.07) is 6.17. The molecule has 0 unspecified atom stereocenters. The summed E-state index contributed by atoms with van der Waals surface area (Å²) in [5.41, 5.74) is 1.38. The van der Waals surface area contributed by atoms with E-state index in [9.17, 15) is 4.39 Å². The number of aromatic nitrogens is 2. The van der Waals surface area contributed by atoms with Crippen LogP contribution in [0.25, 0.3) is 22.3 Å². The summed E-state index contributed by atoms with van der Waals surface area (Å²) in [4.78, 5) is 7.95. The molecule has 0 bridgehead atoms. The third-order valence-corrected chi connectivity index (χ3v) is 3.04. The smallest absolute Gasteiger partial charge is 0.139 e. The second-order valence-electron chi connectivity index (χ2n) is 3.52. The third kappa shape index (κ3) is 1.82. The predicted molar refractivity (Wildman–Crippen MR) is 64.9 cm³/mol. The molecule has 3 nitrogen and oxygen atoms in total. The van der Waals surface area contributed by atoms with Gasteiger partial charge in [-0.15, -0.1) is 0 Å². The lowest BCUT2D eigenvalue weighted by Gasteiger charge is -1.96. The molecular formula is C12H6BrFN2O. The Labute approximate surface area is 104 Å². The summed E-state index contributed by atoms with van der Waals surface area (Å²) in [6.45, 7) is 0. The fourth-order valence-corrected chi connectivity index (χ4v) is 2.02. The van der Waals surface area contributed by atoms with E-state index in [1.165, 1.54) is 18.5 Å². The minimum absolute atomic E-state index is 0.284. The highest BCUT2D eigenvalue weighted by Crippen LogP contribution is 2.31. The molecule has 0 saturated carbocycles. The maximum atomic E-state index is 13.1. The minimum Gasteiger partial charge on any atom is -0.456 e. The lowest BCUT2D eigenvalue weighted by molar-refractivity contribution is 0.618. The summed E-state index contributed by atoms with van der Waals surface area (Å²) < 4.78 is 19.3. The van der Waals surface area contributed by atoms with Crippen LogP contribution in [0.5, 0.6) is 0 Å². The van der Waals surface area contributed by atoms with Crippen molar-refractivity contribution in [3.63, 3.8) is 0 Å². The topological polar surface area (TPSA) is 38.9 Å². The van der Waals surface area contributed by atoms with Gasteiger partial charge in [0.05, 0.1) is 5.56 Å². The Bertz CT molecular complexity index is 696. The highest BCUT2D eigenvalue weighted by Gasteiger charge is 2.10. The van der Waals surface area contributed by atoms with Gasteiger partial charge in [-0.05, 0) is 40.2 Å². The molecule has 3 rings (SSSR count). The second-order valence-corrected chi connectivity index (χ2v) is 4.27. The van der Waals surface area contributed by atoms with Gasteiger partial charge < -0.3 is 4.42 Å². The average molecular weight is 293 g/mol. The molecule has 0 aliphatic heterocycles. The predicted octanol–water partition coefficient (Wildman–Crippen LogP) is 3.79. The molecule has 0 atom stereocenters. The van der Waals surface area contributed by atoms with Gasteiger partial charge in [-0.3, -0.25) is 0 Å². The van der Waals surface area contributed by atoms with E-state index in [0.717, 1.165) is 10.9 Å². The van der Waals surface area contributed by atoms with Gasteiger partial charge in [0.25, 0.3) is 0 Å². The first-order valence-electron chi connectivity index (χ1n) is 4.89. The van der Waals surface area contributed by atoms with Crippen molar-refractivity contribution in [3.8, 4) is 11.3 Å². The van der Waals surface area contributed by atoms with Crippen molar-refractivity contribution in [1.29, 1.82) is 0 Å². The summed E-state index contributed by atoms with van der Waals surface area (Å²) in [5, 5.41) is 0.718. The summed E-state index contributed by atoms with van der Waals surface area (Å²) in [7, 11) is 0. The minimum atomic E-state index is -0.284. The van der Waals surface area contributed by atoms with Gasteiger partial charge in [-0.25, -0.2) is 14.4 Å². The van der Waals surface area contributed by atoms with E-state index in [0.29, 0.717) is 15.9 Å². The number of benzene rings is 1. The monoisotopic (exact) mass is 292 g/mol. The molecule has 2 aromatic heterocycles. The normalized spacial score (nSPS) is 10.9. The quantitative estimate of drug-likeness (QED) is 0.641. The zero-order valence-electron chi connectivity index (χ0n) is 8.52. The molecule has 0 fully saturated rings. The second kappa shape index (κ2) is 3.92. The molecule has 5 heteroatoms. The molecule has 3 aromatic rings. The Morgan fingerprint density at radius 1 is 1.24 bits per heavy atom. The third-order valence-electron chi connectivity index (χ3n) is 2.41. The molecule has 17 heavy (non-hydrogen) atoms. The molecule has 0 radical (unpaired) electrons. The van der Waals surface area contributed by atoms with Crippen LogP contribution in [-0.4, -0.2) is 9.97 Å². The number of fused-ring (bicyclic) bond motifs is 1. The number of hydrogen-bond donors (Lipinski definition) is 0. The highest BCUT2D eigenvalue weighted by atomic mass is 79.9. The van der Waals surface area contributed by atoms with E-state index < -0.39 is 0 Å². The van der Waals surface area contributed by atoms with Crippen LogP contribution in [0.4, 0.5) is 4.39 Å². The van der Waals surface area contributed by atoms with Crippen LogP contribution in [0.3, 0.4) is 0 Å². The Morgan fingerprint density at radius 2 is 2.12 bits per heavy atom. The lowest BCUT2D eigenvalue weighted by Crippen LogP contribution is -1.82. The zero-order chi connectivity index (χ0) is 11.8. The van der Waals surface area contributed by atoms with Crippen molar-refractivity contribution in [2.45, 2.75) is 0 Å². The van der Waals surface area contributed by atoms with Crippen LogP contribution < -0.4 is 0 Å². The van der Waals surface area contributed by atoms with Gasteiger partial charge in [-0.2, -0.15) is 0 Å². The number of halogens is 2. The van der Waals surface area contributed by atoms with Crippen LogP contribution >= 0.6 is 15.9 Å². The zero-order valence-corrected chi connectivity index (χ0v) is 10.1. The van der Waals surface area contributed by atoms with Crippen LogP contribution in [0, 0.1) is 5.82 Å². The van der Waals surface area contributed by atoms with Crippen LogP contribution in [0.1, 0.15) is 0 Å². The van der Waals surface area contributed by atoms with Crippen molar-refractivity contribution >= 4 is 26.9 Å². The molecule has 0 spiro atoms. The lowest BCUT2D eigenvalue weighted by atomic mass is 10.2. The molecule has 84 valence electrons. The van der Waals surface area contributed by atoms with Crippen molar-refractivity contribution in [1.82, 2.24) is 9.97 Å². The van der Waals surface area contributed by atoms with E-state index in [1.807, 2.05) is 0 Å². The Morgan fingerprint density at radius 3 is 2.94 bits per heavy atom. The van der Waals surface area contributed by atoms with Gasteiger partial charge in [0.1, 0.15) is 28.1 Å². The molecule has 2 heterocycles. The largest absolute Gasteiger partial charge is 0.456 e. The number of rotatable bonds is 1. The van der Waals surface area contributed by atoms with E-state index >= 15 is 0 Å². The fraction of sp³-hybridized carbons (Fsp3) is 0. The number of furan rings is 1. The van der Waals surface area contributed by atoms with E-state index in [4.69, 9.17) is 4.42 Å². The van der Waals surface area contributed by atoms with Gasteiger partial charge in [0, 0.05) is 11.6 Å². The van der Waals surface area contributed by atoms with Gasteiger partial charge >= 0.3 is 0 Å². The van der Waals surface area contributed by atoms with Crippen LogP contribution in [-0.2, 0) is 0 Å². The molecule has 0 saturated heterocycles. The first kappa shape index (κ1) is 10.4. The summed E-state index contributed by atoms with van der Waals surface area (Å²) in [5.74, 6) is 0.325. The molecule has 0 amide bonds. The first-order valence-corrected chi connectivity index (χ1v) is 5.68. The van der Waals surface area contributed by atoms with E-state index in [1.54, 1.807) is 18.3 Å². The Hall–Kier alpha value is -1.75. The molecule has 0 aliphatic rings. The SMILES string of the molecule is Fc1ccc2oc(-c3cncnc3Br)cc2c1. The molecule has 0 N–H and O–H groups in total. The maximum Gasteiger partial charge on any atom is 0.139 e. The van der Waals surface area contributed by atoms with Crippen molar-refractivity contribution in [3.05, 3.63) is 47.2 Å².